The van der Waals surface area contributed by atoms with Gasteiger partial charge in [0.05, 0.1) is 6.10 Å². The van der Waals surface area contributed by atoms with Gasteiger partial charge in [-0.2, -0.15) is 0 Å². The molecular formula is C28H50O. The summed E-state index contributed by atoms with van der Waals surface area (Å²) in [6.07, 6.45) is 15.1. The second-order valence-corrected chi connectivity index (χ2v) is 13.1. The van der Waals surface area contributed by atoms with Crippen LogP contribution in [-0.2, 0) is 0 Å². The molecule has 1 N–H and O–H groups in total. The SMILES string of the molecule is CC(C)[C@@H](C)CC[C@@H](C)[C@@H]1CC[C@@H]2[C@@H]3CC[C@H]4C[C@H](O)CC[C@@]4(C)[C@H]3CC[C@]21C. The van der Waals surface area contributed by atoms with Crippen LogP contribution in [0.1, 0.15) is 112 Å². The Labute approximate surface area is 181 Å². The van der Waals surface area contributed by atoms with E-state index < -0.39 is 0 Å². The fourth-order valence-electron chi connectivity index (χ4n) is 9.27. The first kappa shape index (κ1) is 22.2. The summed E-state index contributed by atoms with van der Waals surface area (Å²) in [6, 6.07) is 0. The molecule has 0 heterocycles. The maximum Gasteiger partial charge on any atom is 0.0543 e. The van der Waals surface area contributed by atoms with Crippen LogP contribution in [0.4, 0.5) is 0 Å². The summed E-state index contributed by atoms with van der Waals surface area (Å²) < 4.78 is 0. The molecule has 0 bridgehead atoms. The van der Waals surface area contributed by atoms with E-state index in [1.165, 1.54) is 57.8 Å². The molecule has 4 aliphatic rings. The van der Waals surface area contributed by atoms with Crippen LogP contribution >= 0.6 is 0 Å². The Morgan fingerprint density at radius 1 is 0.793 bits per heavy atom. The summed E-state index contributed by atoms with van der Waals surface area (Å²) in [4.78, 5) is 0. The predicted octanol–water partition coefficient (Wildman–Crippen LogP) is 7.71. The first-order valence-electron chi connectivity index (χ1n) is 13.3. The Morgan fingerprint density at radius 2 is 1.48 bits per heavy atom. The van der Waals surface area contributed by atoms with Gasteiger partial charge in [-0.15, -0.1) is 0 Å². The molecule has 0 aromatic heterocycles. The minimum atomic E-state index is -0.0107. The lowest BCUT2D eigenvalue weighted by Gasteiger charge is -2.61. The fourth-order valence-corrected chi connectivity index (χ4v) is 9.27. The van der Waals surface area contributed by atoms with Gasteiger partial charge >= 0.3 is 0 Å². The second kappa shape index (κ2) is 8.14. The third kappa shape index (κ3) is 3.74. The van der Waals surface area contributed by atoms with Crippen LogP contribution in [-0.4, -0.2) is 11.2 Å². The highest BCUT2D eigenvalue weighted by Gasteiger charge is 2.60. The number of aliphatic hydroxyl groups is 1. The highest BCUT2D eigenvalue weighted by atomic mass is 16.3. The summed E-state index contributed by atoms with van der Waals surface area (Å²) in [7, 11) is 0. The maximum atomic E-state index is 10.3. The lowest BCUT2D eigenvalue weighted by molar-refractivity contribution is -0.129. The van der Waals surface area contributed by atoms with E-state index in [0.29, 0.717) is 10.8 Å². The molecule has 168 valence electrons. The van der Waals surface area contributed by atoms with Gasteiger partial charge in [0.1, 0.15) is 0 Å². The molecule has 0 radical (unpaired) electrons. The van der Waals surface area contributed by atoms with Crippen molar-refractivity contribution in [2.45, 2.75) is 118 Å². The van der Waals surface area contributed by atoms with Crippen molar-refractivity contribution in [2.24, 2.45) is 58.2 Å². The van der Waals surface area contributed by atoms with E-state index in [1.807, 2.05) is 0 Å². The first-order chi connectivity index (χ1) is 13.7. The van der Waals surface area contributed by atoms with Crippen molar-refractivity contribution in [2.75, 3.05) is 0 Å². The summed E-state index contributed by atoms with van der Waals surface area (Å²) in [6.45, 7) is 15.2. The van der Waals surface area contributed by atoms with Crippen molar-refractivity contribution < 1.29 is 5.11 Å². The molecule has 0 aromatic rings. The molecule has 0 spiro atoms. The first-order valence-corrected chi connectivity index (χ1v) is 13.3. The molecule has 0 saturated heterocycles. The third-order valence-electron chi connectivity index (χ3n) is 11.6. The van der Waals surface area contributed by atoms with Crippen molar-refractivity contribution >= 4 is 0 Å². The average Bonchev–Trinajstić information content (AvgIpc) is 3.03. The average molecular weight is 403 g/mol. The van der Waals surface area contributed by atoms with Gasteiger partial charge in [-0.3, -0.25) is 0 Å². The highest BCUT2D eigenvalue weighted by Crippen LogP contribution is 2.68. The van der Waals surface area contributed by atoms with Gasteiger partial charge in [-0.1, -0.05) is 54.4 Å². The van der Waals surface area contributed by atoms with E-state index in [9.17, 15) is 5.11 Å². The fraction of sp³-hybridized carbons (Fsp3) is 1.00. The van der Waals surface area contributed by atoms with Gasteiger partial charge in [0.2, 0.25) is 0 Å². The molecule has 4 saturated carbocycles. The van der Waals surface area contributed by atoms with Gasteiger partial charge < -0.3 is 5.11 Å². The van der Waals surface area contributed by atoms with Gasteiger partial charge in [-0.05, 0) is 116 Å². The van der Waals surface area contributed by atoms with Crippen LogP contribution in [0.25, 0.3) is 0 Å². The van der Waals surface area contributed by atoms with Crippen molar-refractivity contribution in [3.8, 4) is 0 Å². The number of hydrogen-bond donors (Lipinski definition) is 1. The Bertz CT molecular complexity index is 569. The van der Waals surface area contributed by atoms with Crippen LogP contribution in [0.15, 0.2) is 0 Å². The van der Waals surface area contributed by atoms with Crippen LogP contribution in [0.2, 0.25) is 0 Å². The molecule has 1 nitrogen and oxygen atoms in total. The van der Waals surface area contributed by atoms with Gasteiger partial charge in [0.25, 0.3) is 0 Å². The molecule has 4 fully saturated rings. The Morgan fingerprint density at radius 3 is 2.21 bits per heavy atom. The Balaban J connectivity index is 1.46. The highest BCUT2D eigenvalue weighted by molar-refractivity contribution is 5.09. The monoisotopic (exact) mass is 402 g/mol. The van der Waals surface area contributed by atoms with Crippen LogP contribution in [0, 0.1) is 58.2 Å². The second-order valence-electron chi connectivity index (χ2n) is 13.1. The normalized spacial score (nSPS) is 49.2. The van der Waals surface area contributed by atoms with Crippen LogP contribution in [0.3, 0.4) is 0 Å². The predicted molar refractivity (Wildman–Crippen MR) is 124 cm³/mol. The van der Waals surface area contributed by atoms with Crippen LogP contribution in [0.5, 0.6) is 0 Å². The van der Waals surface area contributed by atoms with E-state index in [0.717, 1.165) is 60.2 Å². The van der Waals surface area contributed by atoms with E-state index in [-0.39, 0.29) is 6.10 Å². The molecule has 1 heteroatoms. The standard InChI is InChI=1S/C28H50O/c1-18(2)19(3)7-8-20(4)24-11-12-25-23-10-9-21-17-22(29)13-15-27(21,5)26(23)14-16-28(24,25)6/h18-26,29H,7-17H2,1-6H3/t19-,20+,21-,22+,23-,24-,25+,26-,27+,28-/m0/s1. The minimum absolute atomic E-state index is 0.0107. The molecule has 0 amide bonds. The molecule has 0 aliphatic heterocycles. The summed E-state index contributed by atoms with van der Waals surface area (Å²) in [5.74, 6) is 7.28. The number of fused-ring (bicyclic) bond motifs is 5. The van der Waals surface area contributed by atoms with Gasteiger partial charge in [0, 0.05) is 0 Å². The third-order valence-corrected chi connectivity index (χ3v) is 11.6. The Hall–Kier alpha value is -0.0400. The molecular weight excluding hydrogens is 352 g/mol. The van der Waals surface area contributed by atoms with E-state index in [1.54, 1.807) is 0 Å². The topological polar surface area (TPSA) is 20.2 Å². The molecule has 0 aromatic carbocycles. The number of hydrogen-bond acceptors (Lipinski definition) is 1. The lowest BCUT2D eigenvalue weighted by atomic mass is 9.44. The quantitative estimate of drug-likeness (QED) is 0.499. The van der Waals surface area contributed by atoms with Crippen molar-refractivity contribution in [3.63, 3.8) is 0 Å². The molecule has 0 unspecified atom stereocenters. The summed E-state index contributed by atoms with van der Waals surface area (Å²) in [5, 5.41) is 10.3. The smallest absolute Gasteiger partial charge is 0.0543 e. The van der Waals surface area contributed by atoms with Crippen molar-refractivity contribution in [3.05, 3.63) is 0 Å². The molecule has 10 atom stereocenters. The lowest BCUT2D eigenvalue weighted by Crippen LogP contribution is -2.54. The molecule has 29 heavy (non-hydrogen) atoms. The van der Waals surface area contributed by atoms with Crippen molar-refractivity contribution in [1.29, 1.82) is 0 Å². The Kier molecular flexibility index (Phi) is 6.22. The van der Waals surface area contributed by atoms with Crippen molar-refractivity contribution in [1.82, 2.24) is 0 Å². The maximum absolute atomic E-state index is 10.3. The summed E-state index contributed by atoms with van der Waals surface area (Å²) >= 11 is 0. The molecule has 4 aliphatic carbocycles. The minimum Gasteiger partial charge on any atom is -0.393 e. The largest absolute Gasteiger partial charge is 0.393 e. The zero-order chi connectivity index (χ0) is 21.0. The van der Waals surface area contributed by atoms with Gasteiger partial charge in [0.15, 0.2) is 0 Å². The van der Waals surface area contributed by atoms with E-state index >= 15 is 0 Å². The zero-order valence-electron chi connectivity index (χ0n) is 20.4. The zero-order valence-corrected chi connectivity index (χ0v) is 20.4. The van der Waals surface area contributed by atoms with Crippen LogP contribution < -0.4 is 0 Å². The van der Waals surface area contributed by atoms with E-state index in [2.05, 4.69) is 41.5 Å². The molecule has 4 rings (SSSR count). The summed E-state index contributed by atoms with van der Waals surface area (Å²) in [5.41, 5.74) is 1.14. The number of rotatable bonds is 5. The van der Waals surface area contributed by atoms with Gasteiger partial charge in [-0.25, -0.2) is 0 Å². The van der Waals surface area contributed by atoms with E-state index in [4.69, 9.17) is 0 Å². The number of aliphatic hydroxyl groups excluding tert-OH is 1.